The number of halogens is 1. The van der Waals surface area contributed by atoms with E-state index < -0.39 is 6.10 Å². The molecule has 0 heterocycles. The minimum absolute atomic E-state index is 0.395. The van der Waals surface area contributed by atoms with Crippen LogP contribution in [-0.2, 0) is 0 Å². The van der Waals surface area contributed by atoms with Gasteiger partial charge in [0.15, 0.2) is 0 Å². The van der Waals surface area contributed by atoms with Crippen molar-refractivity contribution in [3.63, 3.8) is 0 Å². The topological polar surface area (TPSA) is 20.2 Å². The van der Waals surface area contributed by atoms with Gasteiger partial charge in [-0.05, 0) is 29.5 Å². The summed E-state index contributed by atoms with van der Waals surface area (Å²) in [5.41, 5.74) is 3.47. The maximum absolute atomic E-state index is 9.77. The second kappa shape index (κ2) is 4.94. The lowest BCUT2D eigenvalue weighted by Gasteiger charge is -2.14. The van der Waals surface area contributed by atoms with E-state index in [2.05, 4.69) is 48.0 Å². The zero-order valence-corrected chi connectivity index (χ0v) is 10.5. The molecule has 1 N–H and O–H groups in total. The molecule has 0 radical (unpaired) electrons. The highest BCUT2D eigenvalue weighted by atomic mass is 79.9. The van der Waals surface area contributed by atoms with Gasteiger partial charge in [0, 0.05) is 5.33 Å². The molecule has 1 aromatic rings. The Balaban J connectivity index is 3.08. The molecular formula is C12H17BrO. The lowest BCUT2D eigenvalue weighted by Crippen LogP contribution is -2.02. The summed E-state index contributed by atoms with van der Waals surface area (Å²) in [7, 11) is 0. The van der Waals surface area contributed by atoms with Gasteiger partial charge in [-0.1, -0.05) is 48.0 Å². The summed E-state index contributed by atoms with van der Waals surface area (Å²) in [6, 6.07) is 6.31. The maximum Gasteiger partial charge on any atom is 0.0889 e. The summed E-state index contributed by atoms with van der Waals surface area (Å²) in [5.74, 6) is 0.511. The van der Waals surface area contributed by atoms with Crippen LogP contribution >= 0.6 is 15.9 Å². The Morgan fingerprint density at radius 3 is 2.50 bits per heavy atom. The summed E-state index contributed by atoms with van der Waals surface area (Å²) in [4.78, 5) is 0. The number of benzene rings is 1. The van der Waals surface area contributed by atoms with Gasteiger partial charge in [-0.25, -0.2) is 0 Å². The Morgan fingerprint density at radius 1 is 1.36 bits per heavy atom. The van der Waals surface area contributed by atoms with Crippen LogP contribution in [0.4, 0.5) is 0 Å². The van der Waals surface area contributed by atoms with E-state index in [1.54, 1.807) is 0 Å². The predicted molar refractivity (Wildman–Crippen MR) is 64.0 cm³/mol. The van der Waals surface area contributed by atoms with Gasteiger partial charge in [0.05, 0.1) is 6.10 Å². The fourth-order valence-electron chi connectivity index (χ4n) is 1.46. The third-order valence-electron chi connectivity index (χ3n) is 2.48. The van der Waals surface area contributed by atoms with Crippen LogP contribution in [0.5, 0.6) is 0 Å². The minimum atomic E-state index is -0.395. The molecule has 14 heavy (non-hydrogen) atoms. The largest absolute Gasteiger partial charge is 0.388 e. The van der Waals surface area contributed by atoms with Crippen molar-refractivity contribution >= 4 is 15.9 Å². The third kappa shape index (κ3) is 2.58. The Kier molecular flexibility index (Phi) is 4.14. The summed E-state index contributed by atoms with van der Waals surface area (Å²) in [6.45, 7) is 6.36. The van der Waals surface area contributed by atoms with E-state index in [1.807, 2.05) is 6.92 Å². The average molecular weight is 257 g/mol. The monoisotopic (exact) mass is 256 g/mol. The average Bonchev–Trinajstić information content (AvgIpc) is 2.17. The molecule has 78 valence electrons. The maximum atomic E-state index is 9.77. The lowest BCUT2D eigenvalue weighted by atomic mass is 9.96. The van der Waals surface area contributed by atoms with Crippen LogP contribution in [0, 0.1) is 6.92 Å². The molecule has 1 rings (SSSR count). The lowest BCUT2D eigenvalue weighted by molar-refractivity contribution is 0.204. The van der Waals surface area contributed by atoms with Gasteiger partial charge in [-0.3, -0.25) is 0 Å². The van der Waals surface area contributed by atoms with Gasteiger partial charge in [-0.2, -0.15) is 0 Å². The first-order valence-electron chi connectivity index (χ1n) is 4.90. The summed E-state index contributed by atoms with van der Waals surface area (Å²) in [5, 5.41) is 10.4. The van der Waals surface area contributed by atoms with E-state index in [1.165, 1.54) is 5.56 Å². The normalized spacial score (nSPS) is 13.3. The zero-order chi connectivity index (χ0) is 10.7. The molecule has 0 spiro atoms. The zero-order valence-electron chi connectivity index (χ0n) is 8.92. The van der Waals surface area contributed by atoms with Crippen molar-refractivity contribution in [3.8, 4) is 0 Å². The van der Waals surface area contributed by atoms with Gasteiger partial charge >= 0.3 is 0 Å². The number of aryl methyl sites for hydroxylation is 1. The van der Waals surface area contributed by atoms with Crippen molar-refractivity contribution < 1.29 is 5.11 Å². The van der Waals surface area contributed by atoms with Crippen LogP contribution < -0.4 is 0 Å². The van der Waals surface area contributed by atoms with Crippen LogP contribution in [0.2, 0.25) is 0 Å². The first kappa shape index (κ1) is 11.7. The number of alkyl halides is 1. The summed E-state index contributed by atoms with van der Waals surface area (Å²) >= 11 is 3.30. The van der Waals surface area contributed by atoms with E-state index in [4.69, 9.17) is 0 Å². The van der Waals surface area contributed by atoms with Crippen molar-refractivity contribution in [1.82, 2.24) is 0 Å². The van der Waals surface area contributed by atoms with Crippen LogP contribution in [-0.4, -0.2) is 10.4 Å². The van der Waals surface area contributed by atoms with Crippen LogP contribution in [0.1, 0.15) is 42.6 Å². The second-order valence-corrected chi connectivity index (χ2v) is 4.59. The highest BCUT2D eigenvalue weighted by Crippen LogP contribution is 2.24. The molecule has 0 aliphatic rings. The fourth-order valence-corrected chi connectivity index (χ4v) is 1.81. The third-order valence-corrected chi connectivity index (χ3v) is 3.09. The van der Waals surface area contributed by atoms with Gasteiger partial charge < -0.3 is 5.11 Å². The minimum Gasteiger partial charge on any atom is -0.388 e. The van der Waals surface area contributed by atoms with E-state index in [0.717, 1.165) is 11.1 Å². The molecular weight excluding hydrogens is 240 g/mol. The number of aliphatic hydroxyl groups excluding tert-OH is 1. The molecule has 0 saturated carbocycles. The molecule has 0 aliphatic carbocycles. The molecule has 0 amide bonds. The van der Waals surface area contributed by atoms with E-state index in [-0.39, 0.29) is 0 Å². The van der Waals surface area contributed by atoms with E-state index >= 15 is 0 Å². The molecule has 0 aromatic heterocycles. The molecule has 2 heteroatoms. The number of hydrogen-bond donors (Lipinski definition) is 1. The van der Waals surface area contributed by atoms with Gasteiger partial charge in [0.2, 0.25) is 0 Å². The van der Waals surface area contributed by atoms with Crippen molar-refractivity contribution in [1.29, 1.82) is 0 Å². The fraction of sp³-hybridized carbons (Fsp3) is 0.500. The summed E-state index contributed by atoms with van der Waals surface area (Å²) < 4.78 is 0. The highest BCUT2D eigenvalue weighted by molar-refractivity contribution is 9.09. The van der Waals surface area contributed by atoms with E-state index in [9.17, 15) is 5.11 Å². The number of rotatable bonds is 3. The second-order valence-electron chi connectivity index (χ2n) is 3.94. The van der Waals surface area contributed by atoms with Crippen molar-refractivity contribution in [2.24, 2.45) is 0 Å². The molecule has 1 atom stereocenters. The van der Waals surface area contributed by atoms with Crippen molar-refractivity contribution in [3.05, 3.63) is 34.9 Å². The molecule has 0 aliphatic heterocycles. The Bertz CT molecular complexity index is 307. The first-order valence-corrected chi connectivity index (χ1v) is 6.03. The molecule has 1 aromatic carbocycles. The Morgan fingerprint density at radius 2 is 2.00 bits per heavy atom. The van der Waals surface area contributed by atoms with Gasteiger partial charge in [0.25, 0.3) is 0 Å². The van der Waals surface area contributed by atoms with E-state index in [0.29, 0.717) is 11.2 Å². The SMILES string of the molecule is Cc1ccc(C(C)C)cc1C(O)CBr. The highest BCUT2D eigenvalue weighted by Gasteiger charge is 2.10. The Hall–Kier alpha value is -0.340. The molecule has 0 fully saturated rings. The number of hydrogen-bond acceptors (Lipinski definition) is 1. The van der Waals surface area contributed by atoms with Crippen LogP contribution in [0.25, 0.3) is 0 Å². The molecule has 0 bridgehead atoms. The quantitative estimate of drug-likeness (QED) is 0.821. The van der Waals surface area contributed by atoms with Crippen molar-refractivity contribution in [2.45, 2.75) is 32.8 Å². The van der Waals surface area contributed by atoms with Crippen molar-refractivity contribution in [2.75, 3.05) is 5.33 Å². The molecule has 0 saturated heterocycles. The summed E-state index contributed by atoms with van der Waals surface area (Å²) in [6.07, 6.45) is -0.395. The van der Waals surface area contributed by atoms with Crippen LogP contribution in [0.15, 0.2) is 18.2 Å². The smallest absolute Gasteiger partial charge is 0.0889 e. The molecule has 1 nitrogen and oxygen atoms in total. The molecule has 1 unspecified atom stereocenters. The standard InChI is InChI=1S/C12H17BrO/c1-8(2)10-5-4-9(3)11(6-10)12(14)7-13/h4-6,8,12,14H,7H2,1-3H3. The van der Waals surface area contributed by atoms with Crippen LogP contribution in [0.3, 0.4) is 0 Å². The Labute approximate surface area is 94.3 Å². The van der Waals surface area contributed by atoms with Gasteiger partial charge in [-0.15, -0.1) is 0 Å². The predicted octanol–water partition coefficient (Wildman–Crippen LogP) is 3.55. The van der Waals surface area contributed by atoms with Gasteiger partial charge in [0.1, 0.15) is 0 Å². The number of aliphatic hydroxyl groups is 1. The first-order chi connectivity index (χ1) is 6.56.